The maximum atomic E-state index is 13.4. The van der Waals surface area contributed by atoms with Crippen molar-refractivity contribution in [2.24, 2.45) is 0 Å². The van der Waals surface area contributed by atoms with Crippen LogP contribution >= 0.6 is 23.4 Å². The van der Waals surface area contributed by atoms with Crippen molar-refractivity contribution in [2.45, 2.75) is 16.6 Å². The standard InChI is InChI=1S/C22H16ClFN4OS/c23-21-26-22(28(27-21)14-15-7-2-1-3-8-15)30-19-12-5-4-11-18(19)25-20(29)16-9-6-10-17(24)13-16/h1-13H,14H2,(H,25,29). The van der Waals surface area contributed by atoms with E-state index in [0.29, 0.717) is 17.4 Å². The lowest BCUT2D eigenvalue weighted by atomic mass is 10.2. The summed E-state index contributed by atoms with van der Waals surface area (Å²) < 4.78 is 15.2. The van der Waals surface area contributed by atoms with Crippen molar-refractivity contribution < 1.29 is 9.18 Å². The number of anilines is 1. The van der Waals surface area contributed by atoms with Crippen LogP contribution in [0.5, 0.6) is 0 Å². The van der Waals surface area contributed by atoms with E-state index in [2.05, 4.69) is 15.4 Å². The Morgan fingerprint density at radius 2 is 1.80 bits per heavy atom. The van der Waals surface area contributed by atoms with Crippen molar-refractivity contribution in [3.8, 4) is 0 Å². The molecule has 4 aromatic rings. The third kappa shape index (κ3) is 4.87. The fourth-order valence-corrected chi connectivity index (χ4v) is 3.95. The number of hydrogen-bond acceptors (Lipinski definition) is 4. The zero-order valence-corrected chi connectivity index (χ0v) is 17.2. The van der Waals surface area contributed by atoms with Gasteiger partial charge in [-0.1, -0.05) is 48.5 Å². The third-order valence-corrected chi connectivity index (χ3v) is 5.43. The van der Waals surface area contributed by atoms with E-state index < -0.39 is 11.7 Å². The molecule has 0 spiro atoms. The SMILES string of the molecule is O=C(Nc1ccccc1Sc1nc(Cl)nn1Cc1ccccc1)c1cccc(F)c1. The highest BCUT2D eigenvalue weighted by Crippen LogP contribution is 2.33. The summed E-state index contributed by atoms with van der Waals surface area (Å²) in [5.41, 5.74) is 1.89. The summed E-state index contributed by atoms with van der Waals surface area (Å²) in [4.78, 5) is 17.6. The minimum atomic E-state index is -0.464. The zero-order valence-electron chi connectivity index (χ0n) is 15.6. The number of aromatic nitrogens is 3. The van der Waals surface area contributed by atoms with Gasteiger partial charge in [0.05, 0.1) is 12.2 Å². The number of carbonyl (C=O) groups is 1. The number of hydrogen-bond donors (Lipinski definition) is 1. The Morgan fingerprint density at radius 3 is 2.60 bits per heavy atom. The summed E-state index contributed by atoms with van der Waals surface area (Å²) in [5, 5.41) is 7.85. The molecule has 30 heavy (non-hydrogen) atoms. The highest BCUT2D eigenvalue weighted by Gasteiger charge is 2.15. The molecule has 1 N–H and O–H groups in total. The van der Waals surface area contributed by atoms with E-state index >= 15 is 0 Å². The Balaban J connectivity index is 1.57. The van der Waals surface area contributed by atoms with Crippen LogP contribution in [0.2, 0.25) is 5.28 Å². The molecule has 0 saturated carbocycles. The van der Waals surface area contributed by atoms with Gasteiger partial charge in [0.1, 0.15) is 5.82 Å². The second-order valence-corrected chi connectivity index (χ2v) is 7.72. The maximum absolute atomic E-state index is 13.4. The van der Waals surface area contributed by atoms with Gasteiger partial charge in [0.2, 0.25) is 5.28 Å². The molecule has 3 aromatic carbocycles. The number of benzene rings is 3. The second-order valence-electron chi connectivity index (χ2n) is 6.37. The monoisotopic (exact) mass is 438 g/mol. The molecule has 1 aromatic heterocycles. The minimum absolute atomic E-state index is 0.148. The van der Waals surface area contributed by atoms with Crippen LogP contribution in [-0.2, 0) is 6.54 Å². The van der Waals surface area contributed by atoms with Gasteiger partial charge >= 0.3 is 0 Å². The summed E-state index contributed by atoms with van der Waals surface area (Å²) in [6, 6.07) is 22.7. The van der Waals surface area contributed by atoms with Crippen LogP contribution in [0.25, 0.3) is 0 Å². The van der Waals surface area contributed by atoms with Crippen LogP contribution < -0.4 is 5.32 Å². The predicted octanol–water partition coefficient (Wildman–Crippen LogP) is 5.52. The fourth-order valence-electron chi connectivity index (χ4n) is 2.82. The predicted molar refractivity (Wildman–Crippen MR) is 115 cm³/mol. The molecule has 0 unspecified atom stereocenters. The normalized spacial score (nSPS) is 10.7. The van der Waals surface area contributed by atoms with Crippen LogP contribution in [0.4, 0.5) is 10.1 Å². The van der Waals surface area contributed by atoms with Gasteiger partial charge in [0, 0.05) is 10.5 Å². The number of nitrogens with one attached hydrogen (secondary N) is 1. The molecule has 0 aliphatic rings. The van der Waals surface area contributed by atoms with E-state index in [4.69, 9.17) is 11.6 Å². The number of para-hydroxylation sites is 1. The van der Waals surface area contributed by atoms with Gasteiger partial charge in [-0.2, -0.15) is 4.98 Å². The van der Waals surface area contributed by atoms with Crippen LogP contribution in [0.3, 0.4) is 0 Å². The van der Waals surface area contributed by atoms with E-state index in [-0.39, 0.29) is 10.8 Å². The summed E-state index contributed by atoms with van der Waals surface area (Å²) in [6.07, 6.45) is 0. The Bertz CT molecular complexity index is 1180. The van der Waals surface area contributed by atoms with E-state index in [0.717, 1.165) is 10.5 Å². The van der Waals surface area contributed by atoms with E-state index in [1.165, 1.54) is 30.0 Å². The Labute approximate surface area is 181 Å². The van der Waals surface area contributed by atoms with Gasteiger partial charge < -0.3 is 5.32 Å². The summed E-state index contributed by atoms with van der Waals surface area (Å²) in [5.74, 6) is -0.861. The average Bonchev–Trinajstić information content (AvgIpc) is 3.08. The molecule has 0 fully saturated rings. The van der Waals surface area contributed by atoms with Gasteiger partial charge in [0.15, 0.2) is 5.16 Å². The van der Waals surface area contributed by atoms with Crippen LogP contribution in [0.1, 0.15) is 15.9 Å². The smallest absolute Gasteiger partial charge is 0.255 e. The Morgan fingerprint density at radius 1 is 1.03 bits per heavy atom. The molecule has 1 heterocycles. The third-order valence-electron chi connectivity index (χ3n) is 4.21. The van der Waals surface area contributed by atoms with Gasteiger partial charge in [-0.3, -0.25) is 4.79 Å². The molecular weight excluding hydrogens is 423 g/mol. The zero-order chi connectivity index (χ0) is 20.9. The van der Waals surface area contributed by atoms with Crippen molar-refractivity contribution in [1.82, 2.24) is 14.8 Å². The molecule has 150 valence electrons. The second kappa shape index (κ2) is 9.11. The highest BCUT2D eigenvalue weighted by molar-refractivity contribution is 7.99. The molecule has 8 heteroatoms. The number of amides is 1. The highest BCUT2D eigenvalue weighted by atomic mass is 35.5. The molecule has 0 radical (unpaired) electrons. The van der Waals surface area contributed by atoms with Gasteiger partial charge in [0.25, 0.3) is 5.91 Å². The average molecular weight is 439 g/mol. The first-order valence-corrected chi connectivity index (χ1v) is 10.3. The summed E-state index contributed by atoms with van der Waals surface area (Å²) in [7, 11) is 0. The summed E-state index contributed by atoms with van der Waals surface area (Å²) in [6.45, 7) is 0.515. The molecule has 0 saturated heterocycles. The topological polar surface area (TPSA) is 59.8 Å². The lowest BCUT2D eigenvalue weighted by molar-refractivity contribution is 0.102. The van der Waals surface area contributed by atoms with Gasteiger partial charge in [-0.05, 0) is 59.3 Å². The molecule has 5 nitrogen and oxygen atoms in total. The molecule has 0 atom stereocenters. The maximum Gasteiger partial charge on any atom is 0.255 e. The summed E-state index contributed by atoms with van der Waals surface area (Å²) >= 11 is 7.39. The van der Waals surface area contributed by atoms with E-state index in [1.54, 1.807) is 16.8 Å². The Kier molecular flexibility index (Phi) is 6.11. The number of rotatable bonds is 6. The van der Waals surface area contributed by atoms with Crippen LogP contribution in [0.15, 0.2) is 88.9 Å². The lowest BCUT2D eigenvalue weighted by Crippen LogP contribution is -2.12. The quantitative estimate of drug-likeness (QED) is 0.430. The molecule has 0 aliphatic heterocycles. The molecule has 0 bridgehead atoms. The van der Waals surface area contributed by atoms with Crippen molar-refractivity contribution in [3.05, 3.63) is 101 Å². The fraction of sp³-hybridized carbons (Fsp3) is 0.0455. The van der Waals surface area contributed by atoms with Gasteiger partial charge in [-0.25, -0.2) is 9.07 Å². The number of nitrogens with zero attached hydrogens (tertiary/aromatic N) is 3. The number of carbonyl (C=O) groups excluding carboxylic acids is 1. The van der Waals surface area contributed by atoms with Crippen molar-refractivity contribution in [1.29, 1.82) is 0 Å². The van der Waals surface area contributed by atoms with E-state index in [1.807, 2.05) is 48.5 Å². The Hall–Kier alpha value is -3.16. The molecule has 0 aliphatic carbocycles. The molecule has 1 amide bonds. The van der Waals surface area contributed by atoms with Crippen molar-refractivity contribution in [3.63, 3.8) is 0 Å². The van der Waals surface area contributed by atoms with E-state index in [9.17, 15) is 9.18 Å². The minimum Gasteiger partial charge on any atom is -0.321 e. The lowest BCUT2D eigenvalue weighted by Gasteiger charge is -2.11. The number of halogens is 2. The molecule has 4 rings (SSSR count). The first kappa shape index (κ1) is 20.1. The molecular formula is C22H16ClFN4OS. The first-order valence-electron chi connectivity index (χ1n) is 9.06. The van der Waals surface area contributed by atoms with Crippen molar-refractivity contribution in [2.75, 3.05) is 5.32 Å². The van der Waals surface area contributed by atoms with Gasteiger partial charge in [-0.15, -0.1) is 5.10 Å². The van der Waals surface area contributed by atoms with Crippen molar-refractivity contribution >= 4 is 35.0 Å². The first-order chi connectivity index (χ1) is 14.6. The largest absolute Gasteiger partial charge is 0.321 e. The van der Waals surface area contributed by atoms with Crippen LogP contribution in [-0.4, -0.2) is 20.7 Å². The van der Waals surface area contributed by atoms with Crippen LogP contribution in [0, 0.1) is 5.82 Å².